The zero-order chi connectivity index (χ0) is 12.8. The average Bonchev–Trinajstić information content (AvgIpc) is 2.88. The molecule has 0 bridgehead atoms. The van der Waals surface area contributed by atoms with Crippen molar-refractivity contribution in [3.63, 3.8) is 0 Å². The van der Waals surface area contributed by atoms with E-state index in [2.05, 4.69) is 25.5 Å². The van der Waals surface area contributed by atoms with E-state index in [4.69, 9.17) is 0 Å². The average molecular weight is 248 g/mol. The summed E-state index contributed by atoms with van der Waals surface area (Å²) in [6.45, 7) is 0.617. The molecule has 0 saturated heterocycles. The van der Waals surface area contributed by atoms with Gasteiger partial charge in [-0.2, -0.15) is 5.10 Å². The Morgan fingerprint density at radius 3 is 3.11 bits per heavy atom. The second-order valence-corrected chi connectivity index (χ2v) is 3.61. The van der Waals surface area contributed by atoms with Gasteiger partial charge in [-0.3, -0.25) is 20.2 Å². The lowest BCUT2D eigenvalue weighted by molar-refractivity contribution is -0.384. The van der Waals surface area contributed by atoms with Crippen LogP contribution >= 0.6 is 0 Å². The summed E-state index contributed by atoms with van der Waals surface area (Å²) in [7, 11) is 0. The summed E-state index contributed by atoms with van der Waals surface area (Å²) < 4.78 is 0. The van der Waals surface area contributed by atoms with Gasteiger partial charge in [0, 0.05) is 19.2 Å². The maximum atomic E-state index is 10.7. The van der Waals surface area contributed by atoms with Crippen molar-refractivity contribution in [2.45, 2.75) is 12.8 Å². The van der Waals surface area contributed by atoms with E-state index in [0.717, 1.165) is 18.7 Å². The third kappa shape index (κ3) is 3.00. The molecule has 2 heterocycles. The van der Waals surface area contributed by atoms with Crippen LogP contribution in [0.2, 0.25) is 0 Å². The van der Waals surface area contributed by atoms with Crippen molar-refractivity contribution in [3.05, 3.63) is 40.7 Å². The van der Waals surface area contributed by atoms with Crippen molar-refractivity contribution in [1.29, 1.82) is 0 Å². The van der Waals surface area contributed by atoms with Crippen LogP contribution in [0.25, 0.3) is 0 Å². The second kappa shape index (κ2) is 5.71. The van der Waals surface area contributed by atoms with Crippen LogP contribution < -0.4 is 5.32 Å². The summed E-state index contributed by atoms with van der Waals surface area (Å²) in [6.07, 6.45) is 5.75. The van der Waals surface area contributed by atoms with E-state index in [9.17, 15) is 10.1 Å². The van der Waals surface area contributed by atoms with Crippen LogP contribution in [-0.4, -0.2) is 31.6 Å². The fourth-order valence-electron chi connectivity index (χ4n) is 1.51. The van der Waals surface area contributed by atoms with Gasteiger partial charge in [-0.05, 0) is 12.5 Å². The fourth-order valence-corrected chi connectivity index (χ4v) is 1.51. The Labute approximate surface area is 103 Å². The van der Waals surface area contributed by atoms with E-state index in [1.165, 1.54) is 18.7 Å². The van der Waals surface area contributed by atoms with Crippen molar-refractivity contribution in [2.75, 3.05) is 11.9 Å². The van der Waals surface area contributed by atoms with Gasteiger partial charge in [0.1, 0.15) is 24.0 Å². The van der Waals surface area contributed by atoms with Crippen molar-refractivity contribution in [1.82, 2.24) is 20.2 Å². The first-order chi connectivity index (χ1) is 8.77. The van der Waals surface area contributed by atoms with E-state index < -0.39 is 4.92 Å². The summed E-state index contributed by atoms with van der Waals surface area (Å²) in [5, 5.41) is 20.3. The molecule has 94 valence electrons. The van der Waals surface area contributed by atoms with Gasteiger partial charge in [0.2, 0.25) is 0 Å². The van der Waals surface area contributed by atoms with Crippen molar-refractivity contribution < 1.29 is 4.92 Å². The standard InChI is InChI=1S/C10H12N6O2/c17-16(18)9-6-11-5-3-8(9)12-4-1-2-10-13-7-14-15-10/h3,5-7H,1-2,4H2,(H,11,12)(H,13,14,15). The smallest absolute Gasteiger partial charge is 0.310 e. The van der Waals surface area contributed by atoms with Gasteiger partial charge in [-0.15, -0.1) is 0 Å². The SMILES string of the molecule is O=[N+]([O-])c1cnccc1NCCCc1ncn[nH]1. The molecule has 8 heteroatoms. The molecule has 0 aliphatic rings. The predicted molar refractivity (Wildman–Crippen MR) is 64.1 cm³/mol. The van der Waals surface area contributed by atoms with Gasteiger partial charge in [0.05, 0.1) is 4.92 Å². The lowest BCUT2D eigenvalue weighted by Gasteiger charge is -2.05. The highest BCUT2D eigenvalue weighted by molar-refractivity contribution is 5.59. The molecule has 0 spiro atoms. The number of rotatable bonds is 6. The summed E-state index contributed by atoms with van der Waals surface area (Å²) in [4.78, 5) is 18.0. The quantitative estimate of drug-likeness (QED) is 0.451. The van der Waals surface area contributed by atoms with Crippen LogP contribution in [0, 0.1) is 10.1 Å². The Balaban J connectivity index is 1.85. The van der Waals surface area contributed by atoms with E-state index >= 15 is 0 Å². The highest BCUT2D eigenvalue weighted by Gasteiger charge is 2.12. The number of H-pyrrole nitrogens is 1. The normalized spacial score (nSPS) is 10.2. The van der Waals surface area contributed by atoms with E-state index in [1.54, 1.807) is 6.07 Å². The molecule has 2 N–H and O–H groups in total. The molecule has 18 heavy (non-hydrogen) atoms. The molecule has 2 aromatic heterocycles. The first kappa shape index (κ1) is 12.0. The first-order valence-electron chi connectivity index (χ1n) is 5.44. The maximum absolute atomic E-state index is 10.7. The van der Waals surface area contributed by atoms with Crippen LogP contribution in [0.4, 0.5) is 11.4 Å². The summed E-state index contributed by atoms with van der Waals surface area (Å²) >= 11 is 0. The minimum Gasteiger partial charge on any atom is -0.379 e. The van der Waals surface area contributed by atoms with Gasteiger partial charge < -0.3 is 5.32 Å². The van der Waals surface area contributed by atoms with Crippen LogP contribution in [0.3, 0.4) is 0 Å². The number of nitrogens with one attached hydrogen (secondary N) is 2. The topological polar surface area (TPSA) is 110 Å². The van der Waals surface area contributed by atoms with Gasteiger partial charge in [0.25, 0.3) is 0 Å². The molecule has 0 atom stereocenters. The first-order valence-corrected chi connectivity index (χ1v) is 5.44. The maximum Gasteiger partial charge on any atom is 0.310 e. The molecule has 8 nitrogen and oxygen atoms in total. The second-order valence-electron chi connectivity index (χ2n) is 3.61. The van der Waals surface area contributed by atoms with E-state index in [-0.39, 0.29) is 5.69 Å². The molecular formula is C10H12N6O2. The van der Waals surface area contributed by atoms with Crippen LogP contribution in [0.5, 0.6) is 0 Å². The van der Waals surface area contributed by atoms with Crippen LogP contribution in [-0.2, 0) is 6.42 Å². The zero-order valence-corrected chi connectivity index (χ0v) is 9.54. The zero-order valence-electron chi connectivity index (χ0n) is 9.54. The number of aromatic amines is 1. The van der Waals surface area contributed by atoms with Gasteiger partial charge >= 0.3 is 5.69 Å². The third-order valence-electron chi connectivity index (χ3n) is 2.37. The molecule has 0 saturated carbocycles. The number of hydrogen-bond acceptors (Lipinski definition) is 6. The lowest BCUT2D eigenvalue weighted by atomic mass is 10.3. The number of nitro groups is 1. The number of aromatic nitrogens is 4. The van der Waals surface area contributed by atoms with Crippen LogP contribution in [0.1, 0.15) is 12.2 Å². The fraction of sp³-hybridized carbons (Fsp3) is 0.300. The van der Waals surface area contributed by atoms with Crippen molar-refractivity contribution in [3.8, 4) is 0 Å². The van der Waals surface area contributed by atoms with Gasteiger partial charge in [-0.1, -0.05) is 0 Å². The van der Waals surface area contributed by atoms with Crippen LogP contribution in [0.15, 0.2) is 24.8 Å². The van der Waals surface area contributed by atoms with E-state index in [0.29, 0.717) is 12.2 Å². The molecule has 2 aromatic rings. The molecule has 0 amide bonds. The molecule has 0 aromatic carbocycles. The molecule has 0 radical (unpaired) electrons. The Hall–Kier alpha value is -2.51. The number of aryl methyl sites for hydroxylation is 1. The molecule has 0 fully saturated rings. The third-order valence-corrected chi connectivity index (χ3v) is 2.37. The van der Waals surface area contributed by atoms with Gasteiger partial charge in [0.15, 0.2) is 0 Å². The number of nitrogens with zero attached hydrogens (tertiary/aromatic N) is 4. The summed E-state index contributed by atoms with van der Waals surface area (Å²) in [6, 6.07) is 1.59. The number of anilines is 1. The lowest BCUT2D eigenvalue weighted by Crippen LogP contribution is -2.06. The largest absolute Gasteiger partial charge is 0.379 e. The Morgan fingerprint density at radius 2 is 2.39 bits per heavy atom. The molecule has 0 unspecified atom stereocenters. The number of hydrogen-bond donors (Lipinski definition) is 2. The molecule has 0 aliphatic carbocycles. The summed E-state index contributed by atoms with van der Waals surface area (Å²) in [5.41, 5.74) is 0.463. The predicted octanol–water partition coefficient (Wildman–Crippen LogP) is 1.15. The Morgan fingerprint density at radius 1 is 1.50 bits per heavy atom. The molecule has 2 rings (SSSR count). The Bertz CT molecular complexity index is 513. The Kier molecular flexibility index (Phi) is 3.79. The highest BCUT2D eigenvalue weighted by atomic mass is 16.6. The highest BCUT2D eigenvalue weighted by Crippen LogP contribution is 2.21. The number of pyridine rings is 1. The minimum atomic E-state index is -0.453. The van der Waals surface area contributed by atoms with Crippen molar-refractivity contribution in [2.24, 2.45) is 0 Å². The molecule has 0 aliphatic heterocycles. The monoisotopic (exact) mass is 248 g/mol. The van der Waals surface area contributed by atoms with Gasteiger partial charge in [-0.25, -0.2) is 4.98 Å². The van der Waals surface area contributed by atoms with Crippen molar-refractivity contribution >= 4 is 11.4 Å². The minimum absolute atomic E-state index is 0.0165. The molecular weight excluding hydrogens is 236 g/mol. The summed E-state index contributed by atoms with van der Waals surface area (Å²) in [5.74, 6) is 0.807. The van der Waals surface area contributed by atoms with E-state index in [1.807, 2.05) is 0 Å².